The molecule has 122 valence electrons. The van der Waals surface area contributed by atoms with E-state index in [0.717, 1.165) is 44.7 Å². The summed E-state index contributed by atoms with van der Waals surface area (Å²) in [6.07, 6.45) is 4.96. The van der Waals surface area contributed by atoms with Gasteiger partial charge in [-0.3, -0.25) is 14.4 Å². The molecule has 0 unspecified atom stereocenters. The Morgan fingerprint density at radius 1 is 1.09 bits per heavy atom. The highest BCUT2D eigenvalue weighted by atomic mass is 16.2. The van der Waals surface area contributed by atoms with Gasteiger partial charge in [0.2, 0.25) is 0 Å². The van der Waals surface area contributed by atoms with Gasteiger partial charge in [-0.05, 0) is 24.1 Å². The molecular formula is C18H24N4O. The van der Waals surface area contributed by atoms with Crippen molar-refractivity contribution < 1.29 is 4.79 Å². The van der Waals surface area contributed by atoms with E-state index in [1.54, 1.807) is 0 Å². The molecule has 1 aromatic heterocycles. The van der Waals surface area contributed by atoms with Gasteiger partial charge in [0.15, 0.2) is 0 Å². The average molecular weight is 312 g/mol. The molecule has 1 fully saturated rings. The van der Waals surface area contributed by atoms with Crippen molar-refractivity contribution in [2.75, 3.05) is 26.2 Å². The normalized spacial score (nSPS) is 15.8. The predicted octanol–water partition coefficient (Wildman–Crippen LogP) is 1.94. The third kappa shape index (κ3) is 3.79. The molecule has 0 spiro atoms. The molecule has 1 aliphatic rings. The first-order chi connectivity index (χ1) is 11.2. The monoisotopic (exact) mass is 312 g/mol. The molecule has 1 saturated heterocycles. The number of carbonyl (C=O) groups excluding carboxylic acids is 1. The zero-order chi connectivity index (χ0) is 16.2. The molecule has 0 radical (unpaired) electrons. The van der Waals surface area contributed by atoms with Crippen molar-refractivity contribution in [3.63, 3.8) is 0 Å². The molecule has 23 heavy (non-hydrogen) atoms. The van der Waals surface area contributed by atoms with Gasteiger partial charge < -0.3 is 4.90 Å². The van der Waals surface area contributed by atoms with Crippen LogP contribution in [0.4, 0.5) is 0 Å². The number of nitrogens with zero attached hydrogens (tertiary/aromatic N) is 4. The van der Waals surface area contributed by atoms with Gasteiger partial charge >= 0.3 is 0 Å². The van der Waals surface area contributed by atoms with Gasteiger partial charge in [-0.25, -0.2) is 0 Å². The number of amides is 1. The Bertz CT molecular complexity index is 654. The second-order valence-electron chi connectivity index (χ2n) is 6.14. The first kappa shape index (κ1) is 15.7. The minimum absolute atomic E-state index is 0.147. The molecule has 5 nitrogen and oxygen atoms in total. The lowest BCUT2D eigenvalue weighted by molar-refractivity contribution is 0.0628. The number of rotatable bonds is 4. The summed E-state index contributed by atoms with van der Waals surface area (Å²) in [4.78, 5) is 16.9. The zero-order valence-corrected chi connectivity index (χ0v) is 13.9. The van der Waals surface area contributed by atoms with Gasteiger partial charge in [-0.2, -0.15) is 5.10 Å². The van der Waals surface area contributed by atoms with Crippen LogP contribution in [0.25, 0.3) is 0 Å². The predicted molar refractivity (Wildman–Crippen MR) is 90.2 cm³/mol. The minimum Gasteiger partial charge on any atom is -0.336 e. The van der Waals surface area contributed by atoms with Crippen LogP contribution in [0.15, 0.2) is 36.7 Å². The molecule has 0 saturated carbocycles. The molecule has 1 aromatic carbocycles. The van der Waals surface area contributed by atoms with Gasteiger partial charge in [0.25, 0.3) is 5.91 Å². The number of piperazine rings is 1. The minimum atomic E-state index is 0.147. The highest BCUT2D eigenvalue weighted by Crippen LogP contribution is 2.12. The fraction of sp³-hybridized carbons (Fsp3) is 0.444. The van der Waals surface area contributed by atoms with Gasteiger partial charge in [0, 0.05) is 57.1 Å². The maximum Gasteiger partial charge on any atom is 0.253 e. The SMILES string of the molecule is CCc1ccc(C(=O)N2CCN(Cc3cnn(C)c3)CC2)cc1. The fourth-order valence-electron chi connectivity index (χ4n) is 2.99. The van der Waals surface area contributed by atoms with Gasteiger partial charge in [-0.1, -0.05) is 19.1 Å². The van der Waals surface area contributed by atoms with Crippen LogP contribution in [0, 0.1) is 0 Å². The molecular weight excluding hydrogens is 288 g/mol. The largest absolute Gasteiger partial charge is 0.336 e. The topological polar surface area (TPSA) is 41.4 Å². The molecule has 0 aliphatic carbocycles. The van der Waals surface area contributed by atoms with Crippen molar-refractivity contribution in [1.29, 1.82) is 0 Å². The summed E-state index contributed by atoms with van der Waals surface area (Å²) in [6.45, 7) is 6.42. The number of aromatic nitrogens is 2. The zero-order valence-electron chi connectivity index (χ0n) is 13.9. The molecule has 5 heteroatoms. The Hall–Kier alpha value is -2.14. The molecule has 3 rings (SSSR count). The number of aryl methyl sites for hydroxylation is 2. The van der Waals surface area contributed by atoms with Crippen molar-refractivity contribution in [3.8, 4) is 0 Å². The lowest BCUT2D eigenvalue weighted by Crippen LogP contribution is -2.48. The third-order valence-electron chi connectivity index (χ3n) is 4.43. The van der Waals surface area contributed by atoms with Gasteiger partial charge in [-0.15, -0.1) is 0 Å². The Morgan fingerprint density at radius 2 is 1.78 bits per heavy atom. The van der Waals surface area contributed by atoms with E-state index in [0.29, 0.717) is 0 Å². The van der Waals surface area contributed by atoms with Crippen molar-refractivity contribution >= 4 is 5.91 Å². The van der Waals surface area contributed by atoms with Crippen molar-refractivity contribution in [1.82, 2.24) is 19.6 Å². The van der Waals surface area contributed by atoms with Crippen LogP contribution in [0.2, 0.25) is 0 Å². The highest BCUT2D eigenvalue weighted by molar-refractivity contribution is 5.94. The summed E-state index contributed by atoms with van der Waals surface area (Å²) >= 11 is 0. The van der Waals surface area contributed by atoms with E-state index in [1.165, 1.54) is 11.1 Å². The molecule has 0 atom stereocenters. The molecule has 0 bridgehead atoms. The third-order valence-corrected chi connectivity index (χ3v) is 4.43. The number of hydrogen-bond donors (Lipinski definition) is 0. The van der Waals surface area contributed by atoms with E-state index < -0.39 is 0 Å². The summed E-state index contributed by atoms with van der Waals surface area (Å²) in [5.74, 6) is 0.147. The second-order valence-corrected chi connectivity index (χ2v) is 6.14. The number of benzene rings is 1. The highest BCUT2D eigenvalue weighted by Gasteiger charge is 2.22. The standard InChI is InChI=1S/C18H24N4O/c1-3-15-4-6-17(7-5-15)18(23)22-10-8-21(9-11-22)14-16-12-19-20(2)13-16/h4-7,12-13H,3,8-11,14H2,1-2H3. The Labute approximate surface area is 137 Å². The number of hydrogen-bond acceptors (Lipinski definition) is 3. The second kappa shape index (κ2) is 6.96. The molecule has 0 N–H and O–H groups in total. The molecule has 1 aliphatic heterocycles. The first-order valence-corrected chi connectivity index (χ1v) is 8.24. The average Bonchev–Trinajstić information content (AvgIpc) is 3.00. The van der Waals surface area contributed by atoms with Crippen LogP contribution < -0.4 is 0 Å². The Kier molecular flexibility index (Phi) is 4.76. The summed E-state index contributed by atoms with van der Waals surface area (Å²) < 4.78 is 1.83. The van der Waals surface area contributed by atoms with E-state index in [-0.39, 0.29) is 5.91 Å². The lowest BCUT2D eigenvalue weighted by Gasteiger charge is -2.34. The fourth-order valence-corrected chi connectivity index (χ4v) is 2.99. The van der Waals surface area contributed by atoms with Crippen LogP contribution >= 0.6 is 0 Å². The summed E-state index contributed by atoms with van der Waals surface area (Å²) in [6, 6.07) is 7.99. The van der Waals surface area contributed by atoms with Crippen LogP contribution in [-0.2, 0) is 20.0 Å². The van der Waals surface area contributed by atoms with Crippen molar-refractivity contribution in [2.24, 2.45) is 7.05 Å². The van der Waals surface area contributed by atoms with E-state index in [2.05, 4.69) is 16.9 Å². The maximum atomic E-state index is 12.6. The maximum absolute atomic E-state index is 12.6. The number of carbonyl (C=O) groups is 1. The summed E-state index contributed by atoms with van der Waals surface area (Å²) in [5.41, 5.74) is 3.29. The van der Waals surface area contributed by atoms with Gasteiger partial charge in [0.1, 0.15) is 0 Å². The molecule has 2 heterocycles. The van der Waals surface area contributed by atoms with Gasteiger partial charge in [0.05, 0.1) is 6.20 Å². The molecule has 2 aromatic rings. The molecule has 1 amide bonds. The van der Waals surface area contributed by atoms with Crippen LogP contribution in [0.5, 0.6) is 0 Å². The van der Waals surface area contributed by atoms with E-state index in [1.807, 2.05) is 53.3 Å². The van der Waals surface area contributed by atoms with E-state index in [9.17, 15) is 4.79 Å². The van der Waals surface area contributed by atoms with E-state index in [4.69, 9.17) is 0 Å². The quantitative estimate of drug-likeness (QED) is 0.866. The summed E-state index contributed by atoms with van der Waals surface area (Å²) in [7, 11) is 1.93. The van der Waals surface area contributed by atoms with E-state index >= 15 is 0 Å². The summed E-state index contributed by atoms with van der Waals surface area (Å²) in [5, 5.41) is 4.20. The Morgan fingerprint density at radius 3 is 2.35 bits per heavy atom. The van der Waals surface area contributed by atoms with Crippen molar-refractivity contribution in [2.45, 2.75) is 19.9 Å². The van der Waals surface area contributed by atoms with Crippen LogP contribution in [0.1, 0.15) is 28.4 Å². The van der Waals surface area contributed by atoms with Crippen molar-refractivity contribution in [3.05, 3.63) is 53.3 Å². The Balaban J connectivity index is 1.54. The van der Waals surface area contributed by atoms with Crippen LogP contribution in [0.3, 0.4) is 0 Å². The first-order valence-electron chi connectivity index (χ1n) is 8.24. The lowest BCUT2D eigenvalue weighted by atomic mass is 10.1. The van der Waals surface area contributed by atoms with Crippen LogP contribution in [-0.4, -0.2) is 51.7 Å². The smallest absolute Gasteiger partial charge is 0.253 e.